The maximum Gasteiger partial charge on any atom is 0.147 e. The van der Waals surface area contributed by atoms with Crippen LogP contribution in [0.15, 0.2) is 12.4 Å². The van der Waals surface area contributed by atoms with E-state index in [1.54, 1.807) is 12.4 Å². The van der Waals surface area contributed by atoms with Crippen LogP contribution in [-0.2, 0) is 0 Å². The van der Waals surface area contributed by atoms with Crippen LogP contribution in [-0.4, -0.2) is 23.1 Å². The monoisotopic (exact) mass is 234 g/mol. The van der Waals surface area contributed by atoms with Gasteiger partial charge < -0.3 is 10.6 Å². The lowest BCUT2D eigenvalue weighted by Gasteiger charge is -2.22. The second-order valence-corrected chi connectivity index (χ2v) is 5.22. The lowest BCUT2D eigenvalue weighted by atomic mass is 9.89. The first kappa shape index (κ1) is 12.1. The van der Waals surface area contributed by atoms with E-state index in [0.29, 0.717) is 5.82 Å². The van der Waals surface area contributed by atoms with E-state index in [0.717, 1.165) is 30.7 Å². The first-order chi connectivity index (χ1) is 8.16. The Bertz CT molecular complexity index is 347. The maximum atomic E-state index is 5.56. The minimum atomic E-state index is 0.489. The Kier molecular flexibility index (Phi) is 3.82. The summed E-state index contributed by atoms with van der Waals surface area (Å²) in [6, 6.07) is 0. The van der Waals surface area contributed by atoms with E-state index in [9.17, 15) is 0 Å². The smallest absolute Gasteiger partial charge is 0.147 e. The second kappa shape index (κ2) is 5.34. The highest BCUT2D eigenvalue weighted by atomic mass is 15.2. The van der Waals surface area contributed by atoms with Gasteiger partial charge in [-0.05, 0) is 31.1 Å². The zero-order valence-electron chi connectivity index (χ0n) is 10.8. The molecule has 1 saturated heterocycles. The van der Waals surface area contributed by atoms with Crippen molar-refractivity contribution in [2.24, 2.45) is 11.8 Å². The molecule has 2 rings (SSSR count). The van der Waals surface area contributed by atoms with Gasteiger partial charge in [-0.25, -0.2) is 9.97 Å². The van der Waals surface area contributed by atoms with Gasteiger partial charge in [0.15, 0.2) is 0 Å². The normalized spacial score (nSPS) is 21.6. The third-order valence-corrected chi connectivity index (χ3v) is 3.70. The summed E-state index contributed by atoms with van der Waals surface area (Å²) in [5.74, 6) is 3.08. The minimum Gasteiger partial charge on any atom is -0.382 e. The summed E-state index contributed by atoms with van der Waals surface area (Å²) in [5, 5.41) is 0. The third kappa shape index (κ3) is 3.08. The molecule has 1 aliphatic heterocycles. The zero-order chi connectivity index (χ0) is 12.3. The number of anilines is 2. The largest absolute Gasteiger partial charge is 0.382 e. The molecular formula is C13H22N4. The van der Waals surface area contributed by atoms with Gasteiger partial charge in [-0.3, -0.25) is 0 Å². The molecule has 0 aromatic carbocycles. The number of nitrogen functional groups attached to an aromatic ring is 1. The summed E-state index contributed by atoms with van der Waals surface area (Å²) >= 11 is 0. The summed E-state index contributed by atoms with van der Waals surface area (Å²) in [4.78, 5) is 10.8. The molecule has 0 bridgehead atoms. The summed E-state index contributed by atoms with van der Waals surface area (Å²) < 4.78 is 0. The van der Waals surface area contributed by atoms with E-state index in [2.05, 4.69) is 28.7 Å². The van der Waals surface area contributed by atoms with Crippen LogP contribution in [0.1, 0.15) is 33.1 Å². The Morgan fingerprint density at radius 3 is 2.71 bits per heavy atom. The fourth-order valence-electron chi connectivity index (χ4n) is 2.51. The minimum absolute atomic E-state index is 0.489. The molecule has 17 heavy (non-hydrogen) atoms. The van der Waals surface area contributed by atoms with Gasteiger partial charge in [0.25, 0.3) is 0 Å². The topological polar surface area (TPSA) is 55.0 Å². The molecule has 1 aromatic rings. The van der Waals surface area contributed by atoms with Crippen LogP contribution in [0.3, 0.4) is 0 Å². The molecule has 2 N–H and O–H groups in total. The van der Waals surface area contributed by atoms with Crippen molar-refractivity contribution in [3.63, 3.8) is 0 Å². The highest BCUT2D eigenvalue weighted by Crippen LogP contribution is 2.26. The van der Waals surface area contributed by atoms with Crippen molar-refractivity contribution < 1.29 is 0 Å². The Balaban J connectivity index is 2.01. The van der Waals surface area contributed by atoms with E-state index in [4.69, 9.17) is 5.73 Å². The van der Waals surface area contributed by atoms with Crippen molar-refractivity contribution in [1.82, 2.24) is 9.97 Å². The lowest BCUT2D eigenvalue weighted by Crippen LogP contribution is -2.25. The molecule has 4 nitrogen and oxygen atoms in total. The van der Waals surface area contributed by atoms with Gasteiger partial charge in [-0.1, -0.05) is 13.8 Å². The van der Waals surface area contributed by atoms with E-state index in [1.807, 2.05) is 0 Å². The van der Waals surface area contributed by atoms with Gasteiger partial charge in [-0.2, -0.15) is 0 Å². The summed E-state index contributed by atoms with van der Waals surface area (Å²) in [5.41, 5.74) is 5.56. The molecule has 0 amide bonds. The molecule has 1 aliphatic rings. The molecule has 0 saturated carbocycles. The van der Waals surface area contributed by atoms with Crippen LogP contribution in [0.2, 0.25) is 0 Å². The fourth-order valence-corrected chi connectivity index (χ4v) is 2.51. The maximum absolute atomic E-state index is 5.56. The highest BCUT2D eigenvalue weighted by molar-refractivity contribution is 5.39. The predicted molar refractivity (Wildman–Crippen MR) is 70.8 cm³/mol. The molecule has 2 heterocycles. The molecule has 4 heteroatoms. The predicted octanol–water partition coefficient (Wildman–Crippen LogP) is 2.32. The van der Waals surface area contributed by atoms with E-state index >= 15 is 0 Å². The number of hydrogen-bond donors (Lipinski definition) is 1. The highest BCUT2D eigenvalue weighted by Gasteiger charge is 2.20. The molecular weight excluding hydrogens is 212 g/mol. The molecule has 1 aromatic heterocycles. The molecule has 0 radical (unpaired) electrons. The standard InChI is InChI=1S/C13H22N4/c1-10(2)11-4-3-6-17(7-5-11)13-9-15-12(14)8-16-13/h8-11H,3-7H2,1-2H3,(H2,14,15). The Morgan fingerprint density at radius 1 is 1.24 bits per heavy atom. The van der Waals surface area contributed by atoms with Crippen molar-refractivity contribution in [2.75, 3.05) is 23.7 Å². The first-order valence-corrected chi connectivity index (χ1v) is 6.49. The lowest BCUT2D eigenvalue weighted by molar-refractivity contribution is 0.351. The summed E-state index contributed by atoms with van der Waals surface area (Å²) in [6.07, 6.45) is 7.25. The van der Waals surface area contributed by atoms with Crippen LogP contribution in [0.25, 0.3) is 0 Å². The zero-order valence-corrected chi connectivity index (χ0v) is 10.8. The molecule has 1 unspecified atom stereocenters. The van der Waals surface area contributed by atoms with Crippen molar-refractivity contribution in [1.29, 1.82) is 0 Å². The second-order valence-electron chi connectivity index (χ2n) is 5.22. The molecule has 0 aliphatic carbocycles. The molecule has 1 atom stereocenters. The Labute approximate surface area is 103 Å². The number of rotatable bonds is 2. The van der Waals surface area contributed by atoms with Gasteiger partial charge in [0.2, 0.25) is 0 Å². The van der Waals surface area contributed by atoms with Crippen molar-refractivity contribution in [3.8, 4) is 0 Å². The number of nitrogens with zero attached hydrogens (tertiary/aromatic N) is 3. The fraction of sp³-hybridized carbons (Fsp3) is 0.692. The summed E-state index contributed by atoms with van der Waals surface area (Å²) in [6.45, 7) is 6.82. The van der Waals surface area contributed by atoms with Gasteiger partial charge in [0.05, 0.1) is 12.4 Å². The average Bonchev–Trinajstić information content (AvgIpc) is 2.55. The van der Waals surface area contributed by atoms with Crippen LogP contribution in [0.5, 0.6) is 0 Å². The van der Waals surface area contributed by atoms with Crippen LogP contribution < -0.4 is 10.6 Å². The number of hydrogen-bond acceptors (Lipinski definition) is 4. The van der Waals surface area contributed by atoms with Gasteiger partial charge >= 0.3 is 0 Å². The SMILES string of the molecule is CC(C)C1CCCN(c2cnc(N)cn2)CC1. The van der Waals surface area contributed by atoms with Crippen LogP contribution in [0.4, 0.5) is 11.6 Å². The van der Waals surface area contributed by atoms with Crippen LogP contribution >= 0.6 is 0 Å². The van der Waals surface area contributed by atoms with Crippen molar-refractivity contribution in [3.05, 3.63) is 12.4 Å². The van der Waals surface area contributed by atoms with Gasteiger partial charge in [0.1, 0.15) is 11.6 Å². The van der Waals surface area contributed by atoms with E-state index in [1.165, 1.54) is 19.3 Å². The quantitative estimate of drug-likeness (QED) is 0.853. The molecule has 1 fully saturated rings. The third-order valence-electron chi connectivity index (χ3n) is 3.70. The average molecular weight is 234 g/mol. The Morgan fingerprint density at radius 2 is 2.06 bits per heavy atom. The molecule has 94 valence electrons. The van der Waals surface area contributed by atoms with Gasteiger partial charge in [0, 0.05) is 13.1 Å². The number of nitrogens with two attached hydrogens (primary N) is 1. The van der Waals surface area contributed by atoms with Crippen LogP contribution in [0, 0.1) is 11.8 Å². The molecule has 0 spiro atoms. The Hall–Kier alpha value is -1.32. The number of aromatic nitrogens is 2. The van der Waals surface area contributed by atoms with E-state index in [-0.39, 0.29) is 0 Å². The van der Waals surface area contributed by atoms with E-state index < -0.39 is 0 Å². The van der Waals surface area contributed by atoms with Crippen molar-refractivity contribution >= 4 is 11.6 Å². The van der Waals surface area contributed by atoms with Crippen molar-refractivity contribution in [2.45, 2.75) is 33.1 Å². The first-order valence-electron chi connectivity index (χ1n) is 6.49. The summed E-state index contributed by atoms with van der Waals surface area (Å²) in [7, 11) is 0. The van der Waals surface area contributed by atoms with Gasteiger partial charge in [-0.15, -0.1) is 0 Å².